The average molecular weight is 283 g/mol. The summed E-state index contributed by atoms with van der Waals surface area (Å²) in [5.74, 6) is -1.26. The number of anilines is 1. The topological polar surface area (TPSA) is 84.7 Å². The van der Waals surface area contributed by atoms with Gasteiger partial charge in [0.15, 0.2) is 0 Å². The number of methoxy groups -OCH3 is 1. The van der Waals surface area contributed by atoms with Crippen LogP contribution in [0.15, 0.2) is 18.2 Å². The van der Waals surface area contributed by atoms with Crippen molar-refractivity contribution in [2.45, 2.75) is 0 Å². The Morgan fingerprint density at radius 2 is 2.15 bits per heavy atom. The molecule has 1 aromatic carbocycles. The molecule has 0 unspecified atom stereocenters. The molecule has 0 aliphatic carbocycles. The van der Waals surface area contributed by atoms with Crippen molar-refractivity contribution in [2.75, 3.05) is 39.6 Å². The second-order valence-electron chi connectivity index (χ2n) is 4.24. The Balaban J connectivity index is 2.60. The lowest BCUT2D eigenvalue weighted by molar-refractivity contribution is -0.121. The van der Waals surface area contributed by atoms with E-state index in [1.54, 1.807) is 0 Å². The predicted octanol–water partition coefficient (Wildman–Crippen LogP) is 0.243. The van der Waals surface area contributed by atoms with Crippen molar-refractivity contribution in [2.24, 2.45) is 0 Å². The lowest BCUT2D eigenvalue weighted by Gasteiger charge is -2.17. The van der Waals surface area contributed by atoms with Crippen LogP contribution in [0.5, 0.6) is 0 Å². The number of rotatable bonds is 6. The van der Waals surface area contributed by atoms with Crippen LogP contribution in [0.25, 0.3) is 0 Å². The summed E-state index contributed by atoms with van der Waals surface area (Å²) in [7, 11) is 3.00. The molecule has 0 atom stereocenters. The molecule has 0 aliphatic rings. The maximum Gasteiger partial charge on any atom is 0.256 e. The van der Waals surface area contributed by atoms with Gasteiger partial charge in [-0.2, -0.15) is 0 Å². The highest BCUT2D eigenvalue weighted by atomic mass is 19.1. The van der Waals surface area contributed by atoms with Crippen molar-refractivity contribution in [3.05, 3.63) is 29.6 Å². The Morgan fingerprint density at radius 1 is 1.45 bits per heavy atom. The minimum atomic E-state index is -0.515. The summed E-state index contributed by atoms with van der Waals surface area (Å²) in [6, 6.07) is 3.52. The fourth-order valence-electron chi connectivity index (χ4n) is 1.57. The summed E-state index contributed by atoms with van der Waals surface area (Å²) < 4.78 is 17.7. The van der Waals surface area contributed by atoms with Crippen LogP contribution < -0.4 is 11.1 Å². The summed E-state index contributed by atoms with van der Waals surface area (Å²) >= 11 is 0. The van der Waals surface area contributed by atoms with Gasteiger partial charge in [-0.05, 0) is 18.2 Å². The number of likely N-dealkylation sites (N-methyl/N-ethyl adjacent to an activating group) is 1. The molecule has 0 bridgehead atoms. The number of nitrogens with zero attached hydrogens (tertiary/aromatic N) is 1. The number of halogens is 1. The van der Waals surface area contributed by atoms with E-state index in [1.807, 2.05) is 0 Å². The Hall–Kier alpha value is -2.15. The second-order valence-corrected chi connectivity index (χ2v) is 4.24. The van der Waals surface area contributed by atoms with Crippen LogP contribution in [-0.2, 0) is 9.53 Å². The normalized spacial score (nSPS) is 10.2. The van der Waals surface area contributed by atoms with E-state index in [0.29, 0.717) is 13.2 Å². The zero-order valence-corrected chi connectivity index (χ0v) is 11.5. The molecule has 2 amide bonds. The number of hydrogen-bond acceptors (Lipinski definition) is 4. The van der Waals surface area contributed by atoms with Crippen LogP contribution in [-0.4, -0.2) is 50.6 Å². The molecule has 0 saturated carbocycles. The van der Waals surface area contributed by atoms with E-state index >= 15 is 0 Å². The number of carbonyl (C=O) groups is 2. The van der Waals surface area contributed by atoms with E-state index in [4.69, 9.17) is 10.5 Å². The van der Waals surface area contributed by atoms with Crippen LogP contribution in [0, 0.1) is 5.82 Å². The molecule has 1 aromatic rings. The van der Waals surface area contributed by atoms with Gasteiger partial charge in [0, 0.05) is 26.4 Å². The molecule has 20 heavy (non-hydrogen) atoms. The van der Waals surface area contributed by atoms with Crippen LogP contribution in [0.2, 0.25) is 0 Å². The third-order valence-electron chi connectivity index (χ3n) is 2.60. The average Bonchev–Trinajstić information content (AvgIpc) is 2.38. The molecule has 110 valence electrons. The van der Waals surface area contributed by atoms with Crippen molar-refractivity contribution < 1.29 is 18.7 Å². The Kier molecular flexibility index (Phi) is 5.92. The third-order valence-corrected chi connectivity index (χ3v) is 2.60. The predicted molar refractivity (Wildman–Crippen MR) is 72.7 cm³/mol. The monoisotopic (exact) mass is 283 g/mol. The van der Waals surface area contributed by atoms with Gasteiger partial charge in [0.1, 0.15) is 5.82 Å². The molecule has 0 aliphatic heterocycles. The Morgan fingerprint density at radius 3 is 2.75 bits per heavy atom. The van der Waals surface area contributed by atoms with Gasteiger partial charge in [0.05, 0.1) is 18.7 Å². The highest BCUT2D eigenvalue weighted by molar-refractivity contribution is 6.00. The largest absolute Gasteiger partial charge is 0.398 e. The van der Waals surface area contributed by atoms with Crippen molar-refractivity contribution in [1.82, 2.24) is 10.2 Å². The van der Waals surface area contributed by atoms with Crippen molar-refractivity contribution in [3.8, 4) is 0 Å². The zero-order valence-electron chi connectivity index (χ0n) is 11.5. The summed E-state index contributed by atoms with van der Waals surface area (Å²) in [6.07, 6.45) is 0. The van der Waals surface area contributed by atoms with Crippen LogP contribution in [0.1, 0.15) is 10.4 Å². The van der Waals surface area contributed by atoms with Crippen molar-refractivity contribution >= 4 is 17.5 Å². The minimum Gasteiger partial charge on any atom is -0.398 e. The molecule has 6 nitrogen and oxygen atoms in total. The van der Waals surface area contributed by atoms with Crippen LogP contribution in [0.3, 0.4) is 0 Å². The number of amides is 2. The van der Waals surface area contributed by atoms with E-state index in [-0.39, 0.29) is 23.7 Å². The lowest BCUT2D eigenvalue weighted by Crippen LogP contribution is -2.39. The molecular formula is C13H18FN3O3. The van der Waals surface area contributed by atoms with Gasteiger partial charge in [-0.25, -0.2) is 4.39 Å². The molecule has 3 N–H and O–H groups in total. The summed E-state index contributed by atoms with van der Waals surface area (Å²) in [5, 5.41) is 2.60. The first-order chi connectivity index (χ1) is 9.45. The number of nitrogens with two attached hydrogens (primary N) is 1. The maximum atomic E-state index is 12.9. The number of nitrogen functional groups attached to an aromatic ring is 1. The molecular weight excluding hydrogens is 265 g/mol. The van der Waals surface area contributed by atoms with E-state index in [0.717, 1.165) is 12.1 Å². The van der Waals surface area contributed by atoms with E-state index in [9.17, 15) is 14.0 Å². The van der Waals surface area contributed by atoms with Gasteiger partial charge < -0.3 is 20.7 Å². The molecule has 0 saturated heterocycles. The smallest absolute Gasteiger partial charge is 0.256 e. The van der Waals surface area contributed by atoms with Gasteiger partial charge in [0.25, 0.3) is 5.91 Å². The van der Waals surface area contributed by atoms with Crippen molar-refractivity contribution in [1.29, 1.82) is 0 Å². The number of hydrogen-bond donors (Lipinski definition) is 2. The second kappa shape index (κ2) is 7.44. The Bertz CT molecular complexity index is 494. The molecule has 0 spiro atoms. The van der Waals surface area contributed by atoms with E-state index in [2.05, 4.69) is 5.32 Å². The standard InChI is InChI=1S/C13H18FN3O3/c1-17(8-12(18)16-5-6-20-2)13(19)10-4-3-9(14)7-11(10)15/h3-4,7H,5-6,8,15H2,1-2H3,(H,16,18). The molecule has 0 heterocycles. The molecule has 1 rings (SSSR count). The fourth-order valence-corrected chi connectivity index (χ4v) is 1.57. The van der Waals surface area contributed by atoms with Gasteiger partial charge in [-0.3, -0.25) is 9.59 Å². The van der Waals surface area contributed by atoms with Gasteiger partial charge >= 0.3 is 0 Å². The van der Waals surface area contributed by atoms with E-state index < -0.39 is 11.7 Å². The third kappa shape index (κ3) is 4.51. The molecule has 7 heteroatoms. The van der Waals surface area contributed by atoms with Crippen LogP contribution >= 0.6 is 0 Å². The lowest BCUT2D eigenvalue weighted by atomic mass is 10.1. The quantitative estimate of drug-likeness (QED) is 0.578. The maximum absolute atomic E-state index is 12.9. The molecule has 0 aromatic heterocycles. The first-order valence-corrected chi connectivity index (χ1v) is 6.02. The van der Waals surface area contributed by atoms with Gasteiger partial charge in [-0.1, -0.05) is 0 Å². The number of nitrogens with one attached hydrogen (secondary N) is 1. The summed E-state index contributed by atoms with van der Waals surface area (Å²) in [4.78, 5) is 24.8. The number of carbonyl (C=O) groups excluding carboxylic acids is 2. The van der Waals surface area contributed by atoms with Crippen LogP contribution in [0.4, 0.5) is 10.1 Å². The molecule has 0 fully saturated rings. The summed E-state index contributed by atoms with van der Waals surface area (Å²) in [6.45, 7) is 0.656. The zero-order chi connectivity index (χ0) is 15.1. The SMILES string of the molecule is COCCNC(=O)CN(C)C(=O)c1ccc(F)cc1N. The van der Waals surface area contributed by atoms with E-state index in [1.165, 1.54) is 25.1 Å². The van der Waals surface area contributed by atoms with Crippen molar-refractivity contribution in [3.63, 3.8) is 0 Å². The first-order valence-electron chi connectivity index (χ1n) is 6.02. The highest BCUT2D eigenvalue weighted by Crippen LogP contribution is 2.15. The first kappa shape index (κ1) is 15.9. The summed E-state index contributed by atoms with van der Waals surface area (Å²) in [5.41, 5.74) is 5.79. The van der Waals surface area contributed by atoms with Gasteiger partial charge in [0.2, 0.25) is 5.91 Å². The molecule has 0 radical (unpaired) electrons. The number of ether oxygens (including phenoxy) is 1. The number of benzene rings is 1. The fraction of sp³-hybridized carbons (Fsp3) is 0.385. The highest BCUT2D eigenvalue weighted by Gasteiger charge is 2.17. The minimum absolute atomic E-state index is 0.0432. The Labute approximate surface area is 116 Å². The van der Waals surface area contributed by atoms with Gasteiger partial charge in [-0.15, -0.1) is 0 Å².